The first-order valence-electron chi connectivity index (χ1n) is 12.4. The smallest absolute Gasteiger partial charge is 0.410 e. The normalized spacial score (nSPS) is 16.1. The van der Waals surface area contributed by atoms with Crippen LogP contribution in [0, 0.1) is 5.82 Å². The lowest BCUT2D eigenvalue weighted by Gasteiger charge is -2.26. The Hall–Kier alpha value is -3.49. The highest BCUT2D eigenvalue weighted by Crippen LogP contribution is 2.36. The van der Waals surface area contributed by atoms with Gasteiger partial charge in [0.1, 0.15) is 11.4 Å². The Morgan fingerprint density at radius 3 is 2.67 bits per heavy atom. The molecule has 0 aliphatic carbocycles. The van der Waals surface area contributed by atoms with E-state index in [0.717, 1.165) is 23.1 Å². The number of hydrogen-bond donors (Lipinski definition) is 1. The molecule has 0 spiro atoms. The standard InChI is InChI=1S/C27H34FN5O3/c1-7-33(16(2)3)25(34)21-12-18(28)8-9-19(21)20-13-23(30-24-22(20)14-29-31-24)17-10-11-32(15-17)26(35)36-27(4,5)6/h8-9,12-14,16-17H,7,10-11,15H2,1-6H3,(H,29,30,31). The second kappa shape index (κ2) is 9.87. The molecule has 1 aliphatic heterocycles. The molecule has 1 fully saturated rings. The highest BCUT2D eigenvalue weighted by Gasteiger charge is 2.32. The largest absolute Gasteiger partial charge is 0.444 e. The van der Waals surface area contributed by atoms with Crippen LogP contribution in [0.5, 0.6) is 0 Å². The summed E-state index contributed by atoms with van der Waals surface area (Å²) in [5.41, 5.74) is 2.47. The van der Waals surface area contributed by atoms with E-state index in [4.69, 9.17) is 9.72 Å². The number of rotatable bonds is 5. The Balaban J connectivity index is 1.74. The van der Waals surface area contributed by atoms with Crippen LogP contribution in [0.2, 0.25) is 0 Å². The van der Waals surface area contributed by atoms with E-state index < -0.39 is 11.4 Å². The van der Waals surface area contributed by atoms with Gasteiger partial charge in [-0.3, -0.25) is 9.89 Å². The number of carbonyl (C=O) groups excluding carboxylic acids is 2. The van der Waals surface area contributed by atoms with Gasteiger partial charge >= 0.3 is 6.09 Å². The molecule has 0 bridgehead atoms. The summed E-state index contributed by atoms with van der Waals surface area (Å²) in [5.74, 6) is -0.705. The maximum atomic E-state index is 14.4. The van der Waals surface area contributed by atoms with Crippen molar-refractivity contribution in [2.45, 2.75) is 65.5 Å². The quantitative estimate of drug-likeness (QED) is 0.515. The zero-order valence-electron chi connectivity index (χ0n) is 21.8. The topological polar surface area (TPSA) is 91.4 Å². The summed E-state index contributed by atoms with van der Waals surface area (Å²) >= 11 is 0. The molecule has 3 heterocycles. The van der Waals surface area contributed by atoms with Gasteiger partial charge in [-0.15, -0.1) is 0 Å². The number of benzene rings is 1. The number of hydrogen-bond acceptors (Lipinski definition) is 5. The summed E-state index contributed by atoms with van der Waals surface area (Å²) < 4.78 is 19.9. The van der Waals surface area contributed by atoms with E-state index in [2.05, 4.69) is 10.2 Å². The predicted octanol–water partition coefficient (Wildman–Crippen LogP) is 5.36. The first-order valence-corrected chi connectivity index (χ1v) is 12.4. The van der Waals surface area contributed by atoms with Crippen LogP contribution in [0.1, 0.15) is 69.9 Å². The van der Waals surface area contributed by atoms with E-state index in [9.17, 15) is 14.0 Å². The number of pyridine rings is 1. The lowest BCUT2D eigenvalue weighted by Crippen LogP contribution is -2.37. The Kier molecular flexibility index (Phi) is 7.02. The minimum absolute atomic E-state index is 0.00799. The molecule has 0 radical (unpaired) electrons. The molecule has 1 aromatic carbocycles. The van der Waals surface area contributed by atoms with Gasteiger partial charge in [0.05, 0.1) is 11.8 Å². The average Bonchev–Trinajstić information content (AvgIpc) is 3.47. The van der Waals surface area contributed by atoms with Gasteiger partial charge in [0, 0.05) is 42.7 Å². The van der Waals surface area contributed by atoms with Crippen LogP contribution >= 0.6 is 0 Å². The second-order valence-electron chi connectivity index (χ2n) is 10.5. The predicted molar refractivity (Wildman–Crippen MR) is 136 cm³/mol. The third-order valence-corrected chi connectivity index (χ3v) is 6.43. The van der Waals surface area contributed by atoms with Crippen molar-refractivity contribution in [1.82, 2.24) is 25.0 Å². The molecule has 2 aromatic heterocycles. The van der Waals surface area contributed by atoms with Crippen molar-refractivity contribution < 1.29 is 18.7 Å². The summed E-state index contributed by atoms with van der Waals surface area (Å²) in [5, 5.41) is 7.85. The van der Waals surface area contributed by atoms with E-state index in [1.165, 1.54) is 12.1 Å². The molecule has 1 aliphatic rings. The van der Waals surface area contributed by atoms with Gasteiger partial charge in [0.25, 0.3) is 5.91 Å². The summed E-state index contributed by atoms with van der Waals surface area (Å²) in [4.78, 5) is 34.2. The number of halogens is 1. The summed E-state index contributed by atoms with van der Waals surface area (Å²) in [6, 6.07) is 6.22. The molecule has 1 atom stereocenters. The van der Waals surface area contributed by atoms with Gasteiger partial charge in [-0.25, -0.2) is 14.2 Å². The highest BCUT2D eigenvalue weighted by molar-refractivity contribution is 6.05. The van der Waals surface area contributed by atoms with Crippen molar-refractivity contribution in [3.05, 3.63) is 47.5 Å². The molecule has 0 saturated carbocycles. The van der Waals surface area contributed by atoms with Crippen molar-refractivity contribution in [2.24, 2.45) is 0 Å². The Morgan fingerprint density at radius 1 is 1.25 bits per heavy atom. The molecule has 2 amide bonds. The van der Waals surface area contributed by atoms with Crippen molar-refractivity contribution in [2.75, 3.05) is 19.6 Å². The molecule has 3 aromatic rings. The van der Waals surface area contributed by atoms with E-state index >= 15 is 0 Å². The lowest BCUT2D eigenvalue weighted by molar-refractivity contribution is 0.0292. The van der Waals surface area contributed by atoms with Gasteiger partial charge in [-0.1, -0.05) is 6.07 Å². The maximum Gasteiger partial charge on any atom is 0.410 e. The van der Waals surface area contributed by atoms with Crippen LogP contribution in [-0.4, -0.2) is 68.3 Å². The van der Waals surface area contributed by atoms with Crippen LogP contribution < -0.4 is 0 Å². The third-order valence-electron chi connectivity index (χ3n) is 6.43. The fraction of sp³-hybridized carbons (Fsp3) is 0.481. The minimum Gasteiger partial charge on any atom is -0.444 e. The van der Waals surface area contributed by atoms with Gasteiger partial charge < -0.3 is 14.5 Å². The van der Waals surface area contributed by atoms with Gasteiger partial charge in [0.2, 0.25) is 0 Å². The molecular formula is C27H34FN5O3. The first kappa shape index (κ1) is 25.6. The zero-order chi connectivity index (χ0) is 26.2. The number of nitrogens with zero attached hydrogens (tertiary/aromatic N) is 4. The van der Waals surface area contributed by atoms with Gasteiger partial charge in [-0.05, 0) is 77.3 Å². The summed E-state index contributed by atoms with van der Waals surface area (Å²) in [6.45, 7) is 12.9. The molecule has 36 heavy (non-hydrogen) atoms. The lowest BCUT2D eigenvalue weighted by atomic mass is 9.93. The van der Waals surface area contributed by atoms with Crippen LogP contribution in [-0.2, 0) is 4.74 Å². The molecule has 1 unspecified atom stereocenters. The van der Waals surface area contributed by atoms with Crippen LogP contribution in [0.25, 0.3) is 22.2 Å². The zero-order valence-corrected chi connectivity index (χ0v) is 21.8. The minimum atomic E-state index is -0.566. The second-order valence-corrected chi connectivity index (χ2v) is 10.5. The van der Waals surface area contributed by atoms with E-state index in [1.807, 2.05) is 47.6 Å². The Labute approximate surface area is 210 Å². The number of carbonyl (C=O) groups is 2. The van der Waals surface area contributed by atoms with Crippen molar-refractivity contribution in [3.8, 4) is 11.1 Å². The van der Waals surface area contributed by atoms with E-state index in [1.54, 1.807) is 22.1 Å². The highest BCUT2D eigenvalue weighted by atomic mass is 19.1. The number of fused-ring (bicyclic) bond motifs is 1. The van der Waals surface area contributed by atoms with Crippen LogP contribution in [0.15, 0.2) is 30.5 Å². The number of aromatic amines is 1. The number of H-pyrrole nitrogens is 1. The average molecular weight is 496 g/mol. The van der Waals surface area contributed by atoms with Crippen LogP contribution in [0.4, 0.5) is 9.18 Å². The maximum absolute atomic E-state index is 14.4. The monoisotopic (exact) mass is 495 g/mol. The summed E-state index contributed by atoms with van der Waals surface area (Å²) in [7, 11) is 0. The van der Waals surface area contributed by atoms with Gasteiger partial charge in [-0.2, -0.15) is 5.10 Å². The van der Waals surface area contributed by atoms with Crippen molar-refractivity contribution in [1.29, 1.82) is 0 Å². The molecular weight excluding hydrogens is 461 g/mol. The fourth-order valence-corrected chi connectivity index (χ4v) is 4.70. The number of nitrogens with one attached hydrogen (secondary N) is 1. The van der Waals surface area contributed by atoms with Crippen molar-refractivity contribution in [3.63, 3.8) is 0 Å². The van der Waals surface area contributed by atoms with Crippen LogP contribution in [0.3, 0.4) is 0 Å². The Morgan fingerprint density at radius 2 is 2.00 bits per heavy atom. The van der Waals surface area contributed by atoms with E-state index in [0.29, 0.717) is 36.4 Å². The molecule has 9 heteroatoms. The van der Waals surface area contributed by atoms with E-state index in [-0.39, 0.29) is 24.0 Å². The number of ether oxygens (including phenoxy) is 1. The molecule has 1 N–H and O–H groups in total. The SMILES string of the molecule is CCN(C(=O)c1cc(F)ccc1-c1cc(C2CCN(C(=O)OC(C)(C)C)C2)nc2[nH]ncc12)C(C)C. The number of aromatic nitrogens is 3. The number of likely N-dealkylation sites (tertiary alicyclic amines) is 1. The molecule has 8 nitrogen and oxygen atoms in total. The Bertz CT molecular complexity index is 1280. The van der Waals surface area contributed by atoms with Crippen molar-refractivity contribution >= 4 is 23.0 Å². The molecule has 4 rings (SSSR count). The molecule has 1 saturated heterocycles. The van der Waals surface area contributed by atoms with Gasteiger partial charge in [0.15, 0.2) is 5.65 Å². The molecule has 192 valence electrons. The third kappa shape index (κ3) is 5.20. The summed E-state index contributed by atoms with van der Waals surface area (Å²) in [6.07, 6.45) is 2.06. The fourth-order valence-electron chi connectivity index (χ4n) is 4.70. The number of amides is 2. The first-order chi connectivity index (χ1) is 17.0.